The van der Waals surface area contributed by atoms with E-state index in [-0.39, 0.29) is 31.1 Å². The molecule has 1 fully saturated rings. The van der Waals surface area contributed by atoms with Crippen LogP contribution in [0.1, 0.15) is 45.6 Å². The minimum atomic E-state index is -0.658. The topological polar surface area (TPSA) is 88.1 Å². The molecule has 1 heterocycles. The molecular weight excluding hydrogens is 360 g/mol. The zero-order chi connectivity index (χ0) is 20.7. The number of ether oxygens (including phenoxy) is 2. The summed E-state index contributed by atoms with van der Waals surface area (Å²) in [7, 11) is 0. The fraction of sp³-hybridized carbons (Fsp3) is 0.619. The lowest BCUT2D eigenvalue weighted by molar-refractivity contribution is -0.140. The summed E-state index contributed by atoms with van der Waals surface area (Å²) in [6.45, 7) is 8.29. The van der Waals surface area contributed by atoms with Crippen molar-refractivity contribution >= 4 is 12.0 Å². The van der Waals surface area contributed by atoms with Crippen LogP contribution in [0.5, 0.6) is 0 Å². The molecule has 0 spiro atoms. The SMILES string of the molecule is CC1C(c2ccccc2)CC(NC(=O)OC(C)(C)C)C(=O)N1CCOCCO. The number of hydrogen-bond donors (Lipinski definition) is 2. The first-order valence-electron chi connectivity index (χ1n) is 9.76. The van der Waals surface area contributed by atoms with Gasteiger partial charge in [-0.25, -0.2) is 4.79 Å². The van der Waals surface area contributed by atoms with Crippen LogP contribution in [0, 0.1) is 0 Å². The Kier molecular flexibility index (Phi) is 7.83. The highest BCUT2D eigenvalue weighted by Crippen LogP contribution is 2.33. The molecule has 28 heavy (non-hydrogen) atoms. The number of likely N-dealkylation sites (tertiary alicyclic amines) is 1. The number of amides is 2. The number of alkyl carbamates (subject to hydrolysis) is 1. The normalized spacial score (nSPS) is 22.8. The minimum absolute atomic E-state index is 0.0377. The molecule has 0 aliphatic carbocycles. The Balaban J connectivity index is 2.16. The predicted octanol–water partition coefficient (Wildman–Crippen LogP) is 2.29. The molecule has 2 N–H and O–H groups in total. The highest BCUT2D eigenvalue weighted by atomic mass is 16.6. The largest absolute Gasteiger partial charge is 0.444 e. The first-order chi connectivity index (χ1) is 13.2. The molecule has 3 atom stereocenters. The number of nitrogens with one attached hydrogen (secondary N) is 1. The first kappa shape index (κ1) is 22.2. The Labute approximate surface area is 167 Å². The minimum Gasteiger partial charge on any atom is -0.444 e. The average molecular weight is 392 g/mol. The van der Waals surface area contributed by atoms with Gasteiger partial charge in [0.1, 0.15) is 11.6 Å². The molecule has 1 aliphatic rings. The number of benzene rings is 1. The van der Waals surface area contributed by atoms with Crippen molar-refractivity contribution < 1.29 is 24.2 Å². The van der Waals surface area contributed by atoms with Crippen molar-refractivity contribution in [2.24, 2.45) is 0 Å². The Morgan fingerprint density at radius 2 is 1.93 bits per heavy atom. The molecule has 1 saturated heterocycles. The lowest BCUT2D eigenvalue weighted by Crippen LogP contribution is -2.59. The third-order valence-corrected chi connectivity index (χ3v) is 4.78. The maximum absolute atomic E-state index is 13.0. The highest BCUT2D eigenvalue weighted by molar-refractivity contribution is 5.87. The van der Waals surface area contributed by atoms with Crippen LogP contribution >= 0.6 is 0 Å². The molecule has 1 aromatic rings. The van der Waals surface area contributed by atoms with Gasteiger partial charge in [-0.2, -0.15) is 0 Å². The summed E-state index contributed by atoms with van der Waals surface area (Å²) < 4.78 is 10.7. The van der Waals surface area contributed by atoms with Gasteiger partial charge in [0.15, 0.2) is 0 Å². The van der Waals surface area contributed by atoms with E-state index in [0.29, 0.717) is 19.6 Å². The summed E-state index contributed by atoms with van der Waals surface area (Å²) >= 11 is 0. The Morgan fingerprint density at radius 3 is 2.54 bits per heavy atom. The van der Waals surface area contributed by atoms with Gasteiger partial charge in [0.2, 0.25) is 5.91 Å². The number of nitrogens with zero attached hydrogens (tertiary/aromatic N) is 1. The fourth-order valence-electron chi connectivity index (χ4n) is 3.50. The predicted molar refractivity (Wildman–Crippen MR) is 106 cm³/mol. The Bertz CT molecular complexity index is 644. The van der Waals surface area contributed by atoms with Crippen molar-refractivity contribution in [2.45, 2.75) is 57.7 Å². The zero-order valence-corrected chi connectivity index (χ0v) is 17.2. The summed E-state index contributed by atoms with van der Waals surface area (Å²) in [5.74, 6) is -0.0604. The second-order valence-corrected chi connectivity index (χ2v) is 8.06. The van der Waals surface area contributed by atoms with Crippen LogP contribution in [0.25, 0.3) is 0 Å². The van der Waals surface area contributed by atoms with E-state index >= 15 is 0 Å². The van der Waals surface area contributed by atoms with E-state index in [1.165, 1.54) is 0 Å². The van der Waals surface area contributed by atoms with Gasteiger partial charge in [0.25, 0.3) is 0 Å². The molecular formula is C21H32N2O5. The lowest BCUT2D eigenvalue weighted by Gasteiger charge is -2.43. The zero-order valence-electron chi connectivity index (χ0n) is 17.2. The van der Waals surface area contributed by atoms with Gasteiger partial charge in [-0.05, 0) is 39.7 Å². The van der Waals surface area contributed by atoms with Crippen LogP contribution < -0.4 is 5.32 Å². The summed E-state index contributed by atoms with van der Waals surface area (Å²) in [4.78, 5) is 27.0. The van der Waals surface area contributed by atoms with Gasteiger partial charge >= 0.3 is 6.09 Å². The molecule has 1 aliphatic heterocycles. The summed E-state index contributed by atoms with van der Waals surface area (Å²) in [6.07, 6.45) is -0.0826. The summed E-state index contributed by atoms with van der Waals surface area (Å²) in [5.41, 5.74) is 0.492. The average Bonchev–Trinajstić information content (AvgIpc) is 2.62. The Morgan fingerprint density at radius 1 is 1.25 bits per heavy atom. The van der Waals surface area contributed by atoms with Crippen LogP contribution in [0.3, 0.4) is 0 Å². The van der Waals surface area contributed by atoms with Crippen molar-refractivity contribution in [3.8, 4) is 0 Å². The number of aliphatic hydroxyl groups excluding tert-OH is 1. The maximum Gasteiger partial charge on any atom is 0.408 e. The van der Waals surface area contributed by atoms with E-state index in [2.05, 4.69) is 5.32 Å². The maximum atomic E-state index is 13.0. The van der Waals surface area contributed by atoms with Crippen molar-refractivity contribution in [1.29, 1.82) is 0 Å². The van der Waals surface area contributed by atoms with Crippen LogP contribution in [0.4, 0.5) is 4.79 Å². The molecule has 0 aromatic heterocycles. The van der Waals surface area contributed by atoms with Gasteiger partial charge in [-0.1, -0.05) is 30.3 Å². The van der Waals surface area contributed by atoms with E-state index in [4.69, 9.17) is 14.6 Å². The van der Waals surface area contributed by atoms with E-state index in [1.807, 2.05) is 37.3 Å². The summed E-state index contributed by atoms with van der Waals surface area (Å²) in [5, 5.41) is 11.6. The molecule has 2 rings (SSSR count). The number of carbonyl (C=O) groups excluding carboxylic acids is 2. The summed E-state index contributed by atoms with van der Waals surface area (Å²) in [6, 6.07) is 9.30. The molecule has 2 amide bonds. The molecule has 0 radical (unpaired) electrons. The van der Waals surface area contributed by atoms with Crippen molar-refractivity contribution in [3.63, 3.8) is 0 Å². The quantitative estimate of drug-likeness (QED) is 0.695. The van der Waals surface area contributed by atoms with E-state index in [9.17, 15) is 9.59 Å². The van der Waals surface area contributed by atoms with Crippen LogP contribution in [-0.2, 0) is 14.3 Å². The second-order valence-electron chi connectivity index (χ2n) is 8.06. The monoisotopic (exact) mass is 392 g/mol. The van der Waals surface area contributed by atoms with Crippen LogP contribution in [-0.4, -0.2) is 66.1 Å². The highest BCUT2D eigenvalue weighted by Gasteiger charge is 2.41. The van der Waals surface area contributed by atoms with Gasteiger partial charge in [0.05, 0.1) is 19.8 Å². The Hall–Kier alpha value is -2.12. The van der Waals surface area contributed by atoms with Crippen LogP contribution in [0.15, 0.2) is 30.3 Å². The molecule has 7 heteroatoms. The first-order valence-corrected chi connectivity index (χ1v) is 9.76. The molecule has 3 unspecified atom stereocenters. The van der Waals surface area contributed by atoms with Gasteiger partial charge < -0.3 is 24.8 Å². The standard InChI is InChI=1S/C21H32N2O5/c1-15-17(16-8-6-5-7-9-16)14-18(22-20(26)28-21(2,3)4)19(25)23(15)10-12-27-13-11-24/h5-9,15,17-18,24H,10-14H2,1-4H3,(H,22,26). The van der Waals surface area contributed by atoms with Crippen molar-refractivity contribution in [1.82, 2.24) is 10.2 Å². The fourth-order valence-corrected chi connectivity index (χ4v) is 3.50. The number of piperidine rings is 1. The number of rotatable bonds is 7. The lowest BCUT2D eigenvalue weighted by atomic mass is 9.82. The van der Waals surface area contributed by atoms with Crippen LogP contribution in [0.2, 0.25) is 0 Å². The van der Waals surface area contributed by atoms with E-state index in [1.54, 1.807) is 25.7 Å². The smallest absolute Gasteiger partial charge is 0.408 e. The third-order valence-electron chi connectivity index (χ3n) is 4.78. The third kappa shape index (κ3) is 6.21. The van der Waals surface area contributed by atoms with E-state index in [0.717, 1.165) is 5.56 Å². The van der Waals surface area contributed by atoms with E-state index < -0.39 is 17.7 Å². The number of aliphatic hydroxyl groups is 1. The number of hydrogen-bond acceptors (Lipinski definition) is 5. The van der Waals surface area contributed by atoms with Gasteiger partial charge in [-0.3, -0.25) is 4.79 Å². The number of carbonyl (C=O) groups is 2. The molecule has 0 bridgehead atoms. The van der Waals surface area contributed by atoms with Crippen molar-refractivity contribution in [3.05, 3.63) is 35.9 Å². The molecule has 7 nitrogen and oxygen atoms in total. The second kappa shape index (κ2) is 9.89. The van der Waals surface area contributed by atoms with Gasteiger partial charge in [-0.15, -0.1) is 0 Å². The molecule has 156 valence electrons. The molecule has 1 aromatic carbocycles. The van der Waals surface area contributed by atoms with Crippen molar-refractivity contribution in [2.75, 3.05) is 26.4 Å². The van der Waals surface area contributed by atoms with Gasteiger partial charge in [0, 0.05) is 18.5 Å². The molecule has 0 saturated carbocycles.